The van der Waals surface area contributed by atoms with Gasteiger partial charge >= 0.3 is 20.1 Å². The monoisotopic (exact) mass is 795 g/mol. The molecular formula is C43H44IrN3. The molecule has 0 N–H and O–H groups in total. The van der Waals surface area contributed by atoms with Crippen molar-refractivity contribution in [3.8, 4) is 11.3 Å². The van der Waals surface area contributed by atoms with E-state index in [9.17, 15) is 0 Å². The first kappa shape index (κ1) is 33.2. The van der Waals surface area contributed by atoms with E-state index in [1.807, 2.05) is 42.5 Å². The number of nitrogens with zero attached hydrogens (tertiary/aromatic N) is 3. The zero-order valence-electron chi connectivity index (χ0n) is 28.8. The summed E-state index contributed by atoms with van der Waals surface area (Å²) in [5, 5.41) is 0. The van der Waals surface area contributed by atoms with Gasteiger partial charge in [-0.05, 0) is 65.6 Å². The molecule has 0 unspecified atom stereocenters. The fourth-order valence-corrected chi connectivity index (χ4v) is 7.63. The number of hydrogen-bond acceptors (Lipinski definition) is 3. The van der Waals surface area contributed by atoms with Crippen molar-refractivity contribution in [2.75, 3.05) is 9.80 Å². The number of aromatic nitrogens is 1. The second-order valence-corrected chi connectivity index (χ2v) is 15.0. The summed E-state index contributed by atoms with van der Waals surface area (Å²) in [5.41, 5.74) is 15.6. The first-order chi connectivity index (χ1) is 21.9. The molecule has 2 aliphatic heterocycles. The van der Waals surface area contributed by atoms with Crippen molar-refractivity contribution in [2.24, 2.45) is 0 Å². The Labute approximate surface area is 295 Å². The van der Waals surface area contributed by atoms with Crippen molar-refractivity contribution in [2.45, 2.75) is 84.5 Å². The summed E-state index contributed by atoms with van der Waals surface area (Å²) in [5.74, 6) is 0. The first-order valence-corrected chi connectivity index (χ1v) is 16.5. The maximum Gasteiger partial charge on any atom is 3.00 e. The Morgan fingerprint density at radius 2 is 1.40 bits per heavy atom. The molecule has 0 radical (unpaired) electrons. The molecule has 0 saturated heterocycles. The van der Waals surface area contributed by atoms with Gasteiger partial charge in [0.15, 0.2) is 0 Å². The molecule has 0 bridgehead atoms. The first-order valence-electron chi connectivity index (χ1n) is 16.5. The van der Waals surface area contributed by atoms with E-state index in [1.165, 1.54) is 69.0 Å². The van der Waals surface area contributed by atoms with Crippen molar-refractivity contribution >= 4 is 22.7 Å². The normalized spacial score (nSPS) is 17.4. The quantitative estimate of drug-likeness (QED) is 0.166. The predicted octanol–water partition coefficient (Wildman–Crippen LogP) is 11.0. The zero-order valence-corrected chi connectivity index (χ0v) is 31.2. The maximum atomic E-state index is 4.22. The molecule has 3 nitrogen and oxygen atoms in total. The second kappa shape index (κ2) is 12.1. The van der Waals surface area contributed by atoms with E-state index in [0.29, 0.717) is 0 Å². The molecule has 0 atom stereocenters. The van der Waals surface area contributed by atoms with Gasteiger partial charge in [0.2, 0.25) is 0 Å². The third-order valence-electron chi connectivity index (χ3n) is 10.5. The van der Waals surface area contributed by atoms with E-state index in [0.717, 1.165) is 11.3 Å². The Morgan fingerprint density at radius 1 is 0.702 bits per heavy atom. The molecule has 240 valence electrons. The molecule has 5 aromatic rings. The van der Waals surface area contributed by atoms with Crippen molar-refractivity contribution < 1.29 is 20.1 Å². The molecule has 3 heterocycles. The van der Waals surface area contributed by atoms with Crippen LogP contribution in [0.4, 0.5) is 22.7 Å². The maximum absolute atomic E-state index is 4.22. The molecule has 0 saturated carbocycles. The van der Waals surface area contributed by atoms with Gasteiger partial charge in [-0.2, -0.15) is 17.7 Å². The van der Waals surface area contributed by atoms with Crippen LogP contribution >= 0.6 is 0 Å². The number of aryl methyl sites for hydroxylation is 2. The number of fused-ring (bicyclic) bond motifs is 3. The standard InChI is InChI=1S/C32H36N2.C11H8N.Ir/c1-20-11-9-12-21(2)28(20)33-19-34-27-18-24-23(30(3,4)15-16-31(24,5)6)17-25(27)32(7,8)22-13-10-14-26(33)29(22)34;1-2-6-10(7-3-1)11-8-4-5-9-12-11;/h9-14,17,19H,15-16H2,1-8H3;1-6,8-9H;/q-2;-1;+3. The van der Waals surface area contributed by atoms with E-state index in [4.69, 9.17) is 0 Å². The number of rotatable bonds is 2. The molecule has 1 aliphatic carbocycles. The van der Waals surface area contributed by atoms with Gasteiger partial charge in [0.25, 0.3) is 0 Å². The van der Waals surface area contributed by atoms with Crippen LogP contribution in [-0.4, -0.2) is 4.98 Å². The largest absolute Gasteiger partial charge is 3.00 e. The van der Waals surface area contributed by atoms with Crippen molar-refractivity contribution in [1.82, 2.24) is 4.98 Å². The minimum atomic E-state index is -0.0923. The molecule has 0 spiro atoms. The van der Waals surface area contributed by atoms with Crippen molar-refractivity contribution in [1.29, 1.82) is 0 Å². The minimum absolute atomic E-state index is 0. The summed E-state index contributed by atoms with van der Waals surface area (Å²) in [6, 6.07) is 36.8. The predicted molar refractivity (Wildman–Crippen MR) is 192 cm³/mol. The summed E-state index contributed by atoms with van der Waals surface area (Å²) >= 11 is 0. The SMILES string of the molecule is Cc1cccc(C)c1N1[CH-]N2c3[c-]c4c(cc3C(C)(C)c3cccc1c32)C(C)(C)CCC4(C)C.[Ir+3].[c-]1ccccc1-c1ccccn1. The van der Waals surface area contributed by atoms with Crippen LogP contribution in [0.5, 0.6) is 0 Å². The van der Waals surface area contributed by atoms with Crippen LogP contribution in [0.1, 0.15) is 87.8 Å². The van der Waals surface area contributed by atoms with Crippen LogP contribution in [-0.2, 0) is 36.4 Å². The fourth-order valence-electron chi connectivity index (χ4n) is 7.63. The number of hydrogen-bond donors (Lipinski definition) is 0. The topological polar surface area (TPSA) is 19.4 Å². The van der Waals surface area contributed by atoms with Gasteiger partial charge in [0, 0.05) is 23.3 Å². The average molecular weight is 795 g/mol. The molecule has 3 aliphatic rings. The van der Waals surface area contributed by atoms with E-state index in [-0.39, 0.29) is 36.4 Å². The van der Waals surface area contributed by atoms with Gasteiger partial charge in [-0.3, -0.25) is 0 Å². The molecule has 0 fully saturated rings. The van der Waals surface area contributed by atoms with Gasteiger partial charge in [0.05, 0.1) is 0 Å². The van der Waals surface area contributed by atoms with Crippen LogP contribution in [0.25, 0.3) is 11.3 Å². The third kappa shape index (κ3) is 5.54. The van der Waals surface area contributed by atoms with Crippen LogP contribution in [0.2, 0.25) is 0 Å². The number of anilines is 4. The van der Waals surface area contributed by atoms with Gasteiger partial charge < -0.3 is 14.8 Å². The summed E-state index contributed by atoms with van der Waals surface area (Å²) in [7, 11) is 0. The van der Waals surface area contributed by atoms with E-state index in [2.05, 4.69) is 131 Å². The Kier molecular flexibility index (Phi) is 8.52. The molecule has 4 heteroatoms. The smallest absolute Gasteiger partial charge is 0.493 e. The van der Waals surface area contributed by atoms with E-state index < -0.39 is 0 Å². The van der Waals surface area contributed by atoms with Gasteiger partial charge in [-0.15, -0.1) is 53.7 Å². The van der Waals surface area contributed by atoms with Gasteiger partial charge in [-0.1, -0.05) is 102 Å². The molecule has 4 aromatic carbocycles. The minimum Gasteiger partial charge on any atom is -0.493 e. The molecule has 47 heavy (non-hydrogen) atoms. The summed E-state index contributed by atoms with van der Waals surface area (Å²) < 4.78 is 0. The Balaban J connectivity index is 0.000000250. The number of para-hydroxylation sites is 2. The fraction of sp³-hybridized carbons (Fsp3) is 0.302. The third-order valence-corrected chi connectivity index (χ3v) is 10.5. The molecule has 1 aromatic heterocycles. The second-order valence-electron chi connectivity index (χ2n) is 15.0. The molecule has 8 rings (SSSR count). The Hall–Kier alpha value is -3.72. The Morgan fingerprint density at radius 3 is 2.09 bits per heavy atom. The Bertz CT molecular complexity index is 1870. The summed E-state index contributed by atoms with van der Waals surface area (Å²) in [4.78, 5) is 9.04. The summed E-state index contributed by atoms with van der Waals surface area (Å²) in [6.07, 6.45) is 4.21. The zero-order chi connectivity index (χ0) is 32.4. The number of pyridine rings is 1. The van der Waals surface area contributed by atoms with Crippen LogP contribution in [0.15, 0.2) is 91.1 Å². The average Bonchev–Trinajstić information content (AvgIpc) is 3.43. The van der Waals surface area contributed by atoms with Crippen molar-refractivity contribution in [3.63, 3.8) is 0 Å². The van der Waals surface area contributed by atoms with Gasteiger partial charge in [0.1, 0.15) is 0 Å². The summed E-state index contributed by atoms with van der Waals surface area (Å²) in [6.45, 7) is 21.1. The van der Waals surface area contributed by atoms with E-state index >= 15 is 0 Å². The van der Waals surface area contributed by atoms with Crippen LogP contribution < -0.4 is 9.80 Å². The van der Waals surface area contributed by atoms with Crippen LogP contribution in [0, 0.1) is 32.6 Å². The number of benzene rings is 4. The van der Waals surface area contributed by atoms with Crippen LogP contribution in [0.3, 0.4) is 0 Å². The van der Waals surface area contributed by atoms with Gasteiger partial charge in [-0.25, -0.2) is 0 Å². The molecular weight excluding hydrogens is 751 g/mol. The van der Waals surface area contributed by atoms with Crippen molar-refractivity contribution in [3.05, 3.63) is 143 Å². The van der Waals surface area contributed by atoms with E-state index in [1.54, 1.807) is 6.20 Å². The molecule has 0 amide bonds.